The van der Waals surface area contributed by atoms with Crippen molar-refractivity contribution >= 4 is 28.3 Å². The molecule has 1 amide bonds. The summed E-state index contributed by atoms with van der Waals surface area (Å²) in [5, 5.41) is 5.01. The van der Waals surface area contributed by atoms with Crippen molar-refractivity contribution < 1.29 is 4.79 Å². The molecule has 5 heteroatoms. The van der Waals surface area contributed by atoms with Gasteiger partial charge in [0, 0.05) is 6.54 Å². The summed E-state index contributed by atoms with van der Waals surface area (Å²) in [7, 11) is 0. The molecule has 0 spiro atoms. The molecule has 0 aliphatic heterocycles. The summed E-state index contributed by atoms with van der Waals surface area (Å²) in [4.78, 5) is 18.1. The van der Waals surface area contributed by atoms with Crippen LogP contribution >= 0.6 is 11.3 Å². The fraction of sp³-hybridized carbons (Fsp3) is 0.250. The molecule has 1 atom stereocenters. The van der Waals surface area contributed by atoms with Gasteiger partial charge in [-0.15, -0.1) is 11.3 Å². The highest BCUT2D eigenvalue weighted by Crippen LogP contribution is 2.24. The Kier molecular flexibility index (Phi) is 5.49. The number of benzene rings is 2. The van der Waals surface area contributed by atoms with E-state index in [9.17, 15) is 4.79 Å². The Morgan fingerprint density at radius 1 is 1.03 bits per heavy atom. The van der Waals surface area contributed by atoms with E-state index in [1.54, 1.807) is 0 Å². The zero-order valence-electron chi connectivity index (χ0n) is 16.9. The summed E-state index contributed by atoms with van der Waals surface area (Å²) in [6.07, 6.45) is 0. The Hall–Kier alpha value is -2.92. The van der Waals surface area contributed by atoms with Gasteiger partial charge < -0.3 is 9.88 Å². The predicted molar refractivity (Wildman–Crippen MR) is 120 cm³/mol. The van der Waals surface area contributed by atoms with Crippen LogP contribution in [0.2, 0.25) is 0 Å². The molecule has 0 aliphatic rings. The zero-order valence-corrected chi connectivity index (χ0v) is 17.7. The van der Waals surface area contributed by atoms with Gasteiger partial charge in [-0.25, -0.2) is 4.98 Å². The number of para-hydroxylation sites is 2. The topological polar surface area (TPSA) is 46.9 Å². The highest BCUT2D eigenvalue weighted by Gasteiger charge is 2.19. The molecule has 0 bridgehead atoms. The standard InChI is InChI=1S/C24H25N3OS/c1-16(2)19-12-10-18(11-13-19)15-27-21-8-5-4-7-20(21)26-23(27)17(3)25-24(28)22-9-6-14-29-22/h4-14,16-17H,15H2,1-3H3,(H,25,28). The maximum Gasteiger partial charge on any atom is 0.261 e. The zero-order chi connectivity index (χ0) is 20.4. The number of aromatic nitrogens is 2. The van der Waals surface area contributed by atoms with Gasteiger partial charge in [0.05, 0.1) is 22.0 Å². The Balaban J connectivity index is 1.66. The molecule has 4 rings (SSSR count). The number of imidazole rings is 1. The van der Waals surface area contributed by atoms with Gasteiger partial charge in [0.1, 0.15) is 5.82 Å². The fourth-order valence-corrected chi connectivity index (χ4v) is 4.15. The van der Waals surface area contributed by atoms with E-state index >= 15 is 0 Å². The Labute approximate surface area is 175 Å². The van der Waals surface area contributed by atoms with Crippen LogP contribution in [0.15, 0.2) is 66.0 Å². The van der Waals surface area contributed by atoms with Gasteiger partial charge in [-0.05, 0) is 47.5 Å². The molecule has 0 radical (unpaired) electrons. The molecule has 2 heterocycles. The summed E-state index contributed by atoms with van der Waals surface area (Å²) >= 11 is 1.44. The monoisotopic (exact) mass is 403 g/mol. The first-order chi connectivity index (χ1) is 14.0. The molecule has 1 unspecified atom stereocenters. The van der Waals surface area contributed by atoms with Crippen molar-refractivity contribution in [2.75, 3.05) is 0 Å². The van der Waals surface area contributed by atoms with Crippen molar-refractivity contribution in [3.8, 4) is 0 Å². The van der Waals surface area contributed by atoms with Gasteiger partial charge in [-0.1, -0.05) is 56.3 Å². The maximum atomic E-state index is 12.5. The van der Waals surface area contributed by atoms with E-state index in [1.807, 2.05) is 42.6 Å². The van der Waals surface area contributed by atoms with Crippen molar-refractivity contribution in [3.63, 3.8) is 0 Å². The number of nitrogens with zero attached hydrogens (tertiary/aromatic N) is 2. The van der Waals surface area contributed by atoms with Crippen LogP contribution in [0.25, 0.3) is 11.0 Å². The number of rotatable bonds is 6. The molecule has 148 valence electrons. The van der Waals surface area contributed by atoms with Crippen LogP contribution in [0.3, 0.4) is 0 Å². The first-order valence-corrected chi connectivity index (χ1v) is 10.8. The number of carbonyl (C=O) groups excluding carboxylic acids is 1. The number of thiophene rings is 1. The van der Waals surface area contributed by atoms with Crippen LogP contribution < -0.4 is 5.32 Å². The van der Waals surface area contributed by atoms with E-state index < -0.39 is 0 Å². The molecule has 0 saturated carbocycles. The lowest BCUT2D eigenvalue weighted by atomic mass is 10.0. The van der Waals surface area contributed by atoms with Crippen molar-refractivity contribution in [2.24, 2.45) is 0 Å². The van der Waals surface area contributed by atoms with E-state index in [0.29, 0.717) is 17.3 Å². The lowest BCUT2D eigenvalue weighted by Crippen LogP contribution is -2.28. The van der Waals surface area contributed by atoms with Crippen LogP contribution in [-0.4, -0.2) is 15.5 Å². The van der Waals surface area contributed by atoms with Crippen LogP contribution in [0.1, 0.15) is 59.4 Å². The molecule has 1 N–H and O–H groups in total. The molecule has 0 aliphatic carbocycles. The first kappa shape index (κ1) is 19.4. The number of carbonyl (C=O) groups is 1. The van der Waals surface area contributed by atoms with Gasteiger partial charge in [0.15, 0.2) is 0 Å². The molecule has 4 nitrogen and oxygen atoms in total. The van der Waals surface area contributed by atoms with E-state index in [4.69, 9.17) is 4.98 Å². The minimum Gasteiger partial charge on any atom is -0.342 e. The molecule has 0 fully saturated rings. The molecule has 29 heavy (non-hydrogen) atoms. The molecular formula is C24H25N3OS. The smallest absolute Gasteiger partial charge is 0.261 e. The number of hydrogen-bond acceptors (Lipinski definition) is 3. The Morgan fingerprint density at radius 2 is 1.79 bits per heavy atom. The van der Waals surface area contributed by atoms with Gasteiger partial charge in [-0.3, -0.25) is 4.79 Å². The molecule has 2 aromatic carbocycles. The third-order valence-corrected chi connectivity index (χ3v) is 6.02. The highest BCUT2D eigenvalue weighted by molar-refractivity contribution is 7.12. The maximum absolute atomic E-state index is 12.5. The number of fused-ring (bicyclic) bond motifs is 1. The van der Waals surface area contributed by atoms with E-state index in [1.165, 1.54) is 22.5 Å². The van der Waals surface area contributed by atoms with Crippen molar-refractivity contribution in [2.45, 2.75) is 39.3 Å². The fourth-order valence-electron chi connectivity index (χ4n) is 3.52. The van der Waals surface area contributed by atoms with E-state index in [-0.39, 0.29) is 11.9 Å². The Bertz CT molecular complexity index is 1110. The normalized spacial score (nSPS) is 12.4. The summed E-state index contributed by atoms with van der Waals surface area (Å²) in [6.45, 7) is 7.11. The quantitative estimate of drug-likeness (QED) is 0.445. The summed E-state index contributed by atoms with van der Waals surface area (Å²) < 4.78 is 2.21. The number of nitrogens with one attached hydrogen (secondary N) is 1. The minimum absolute atomic E-state index is 0.0626. The van der Waals surface area contributed by atoms with E-state index in [0.717, 1.165) is 16.9 Å². The van der Waals surface area contributed by atoms with Gasteiger partial charge in [0.2, 0.25) is 0 Å². The summed E-state index contributed by atoms with van der Waals surface area (Å²) in [6, 6.07) is 20.4. The molecule has 4 aromatic rings. The average molecular weight is 404 g/mol. The second-order valence-electron chi connectivity index (χ2n) is 7.61. The third-order valence-electron chi connectivity index (χ3n) is 5.15. The summed E-state index contributed by atoms with van der Waals surface area (Å²) in [5.41, 5.74) is 4.57. The first-order valence-electron chi connectivity index (χ1n) is 9.91. The molecular weight excluding hydrogens is 378 g/mol. The van der Waals surface area contributed by atoms with E-state index in [2.05, 4.69) is 54.1 Å². The van der Waals surface area contributed by atoms with Crippen LogP contribution in [-0.2, 0) is 6.54 Å². The second-order valence-corrected chi connectivity index (χ2v) is 8.56. The largest absolute Gasteiger partial charge is 0.342 e. The van der Waals surface area contributed by atoms with Gasteiger partial charge in [-0.2, -0.15) is 0 Å². The average Bonchev–Trinajstić information content (AvgIpc) is 3.37. The SMILES string of the molecule is CC(C)c1ccc(Cn2c(C(C)NC(=O)c3cccs3)nc3ccccc32)cc1. The predicted octanol–water partition coefficient (Wildman–Crippen LogP) is 5.76. The summed E-state index contributed by atoms with van der Waals surface area (Å²) in [5.74, 6) is 1.32. The lowest BCUT2D eigenvalue weighted by molar-refractivity contribution is 0.0942. The number of hydrogen-bond donors (Lipinski definition) is 1. The molecule has 0 saturated heterocycles. The minimum atomic E-state index is -0.202. The number of amides is 1. The lowest BCUT2D eigenvalue weighted by Gasteiger charge is -2.16. The van der Waals surface area contributed by atoms with Crippen molar-refractivity contribution in [1.82, 2.24) is 14.9 Å². The van der Waals surface area contributed by atoms with Crippen molar-refractivity contribution in [1.29, 1.82) is 0 Å². The van der Waals surface area contributed by atoms with Crippen LogP contribution in [0.4, 0.5) is 0 Å². The Morgan fingerprint density at radius 3 is 2.48 bits per heavy atom. The third kappa shape index (κ3) is 4.10. The highest BCUT2D eigenvalue weighted by atomic mass is 32.1. The van der Waals surface area contributed by atoms with Crippen LogP contribution in [0.5, 0.6) is 0 Å². The van der Waals surface area contributed by atoms with Gasteiger partial charge >= 0.3 is 0 Å². The van der Waals surface area contributed by atoms with Gasteiger partial charge in [0.25, 0.3) is 5.91 Å². The van der Waals surface area contributed by atoms with Crippen molar-refractivity contribution in [3.05, 3.63) is 87.9 Å². The molecule has 2 aromatic heterocycles. The second kappa shape index (κ2) is 8.21. The van der Waals surface area contributed by atoms with Crippen LogP contribution in [0, 0.1) is 0 Å².